The zero-order valence-corrected chi connectivity index (χ0v) is 27.9. The second-order valence-corrected chi connectivity index (χ2v) is 13.0. The summed E-state index contributed by atoms with van der Waals surface area (Å²) in [4.78, 5) is 2.18. The van der Waals surface area contributed by atoms with Gasteiger partial charge in [-0.2, -0.15) is 0 Å². The highest BCUT2D eigenvalue weighted by Gasteiger charge is 2.52. The van der Waals surface area contributed by atoms with Crippen LogP contribution in [-0.4, -0.2) is 183 Å². The zero-order valence-electron chi connectivity index (χ0n) is 27.9. The third-order valence-corrected chi connectivity index (χ3v) is 9.39. The Hall–Kier alpha value is -0.760. The van der Waals surface area contributed by atoms with Crippen molar-refractivity contribution in [3.8, 4) is 0 Å². The van der Waals surface area contributed by atoms with Gasteiger partial charge in [0.05, 0.1) is 30.9 Å². The van der Waals surface area contributed by atoms with Crippen molar-refractivity contribution in [3.05, 3.63) is 0 Å². The maximum atomic E-state index is 10.9. The van der Waals surface area contributed by atoms with Crippen LogP contribution in [0.4, 0.5) is 0 Å². The summed E-state index contributed by atoms with van der Waals surface area (Å²) in [6, 6.07) is -1.91. The van der Waals surface area contributed by atoms with E-state index in [-0.39, 0.29) is 13.0 Å². The SMILES string of the molecule is CC(OC1C(OC2OC(CO)C(O)C(N)C2O)C(N)OC(N)C1OC1OC(CN)[C@@H](O)C[C@@H]1N)N1CCCNCCNCCCNCC1. The van der Waals surface area contributed by atoms with Crippen LogP contribution in [0.5, 0.6) is 0 Å². The minimum absolute atomic E-state index is 0.0396. The Labute approximate surface area is 282 Å². The Balaban J connectivity index is 1.57. The molecule has 0 aliphatic carbocycles. The fourth-order valence-electron chi connectivity index (χ4n) is 6.46. The highest BCUT2D eigenvalue weighted by Crippen LogP contribution is 2.32. The molecule has 19 nitrogen and oxygen atoms in total. The van der Waals surface area contributed by atoms with E-state index in [1.165, 1.54) is 0 Å². The van der Waals surface area contributed by atoms with Crippen LogP contribution >= 0.6 is 0 Å². The number of aliphatic hydroxyl groups excluding tert-OH is 4. The number of nitrogens with two attached hydrogens (primary N) is 5. The molecule has 4 heterocycles. The lowest BCUT2D eigenvalue weighted by molar-refractivity contribution is -0.353. The summed E-state index contributed by atoms with van der Waals surface area (Å²) >= 11 is 0. The zero-order chi connectivity index (χ0) is 34.8. The highest BCUT2D eigenvalue weighted by atomic mass is 16.7. The number of hydrogen-bond acceptors (Lipinski definition) is 19. The van der Waals surface area contributed by atoms with Gasteiger partial charge in [-0.25, -0.2) is 0 Å². The summed E-state index contributed by atoms with van der Waals surface area (Å²) in [6.07, 6.45) is -12.0. The predicted molar refractivity (Wildman–Crippen MR) is 173 cm³/mol. The number of aliphatic hydroxyl groups is 4. The summed E-state index contributed by atoms with van der Waals surface area (Å²) in [7, 11) is 0. The van der Waals surface area contributed by atoms with Gasteiger partial charge in [0, 0.05) is 39.3 Å². The second kappa shape index (κ2) is 19.7. The summed E-state index contributed by atoms with van der Waals surface area (Å²) < 4.78 is 36.9. The van der Waals surface area contributed by atoms with Gasteiger partial charge in [0.15, 0.2) is 12.6 Å². The fourth-order valence-corrected chi connectivity index (χ4v) is 6.46. The van der Waals surface area contributed by atoms with Crippen LogP contribution < -0.4 is 44.6 Å². The maximum absolute atomic E-state index is 10.9. The molecule has 4 aliphatic heterocycles. The maximum Gasteiger partial charge on any atom is 0.186 e. The lowest BCUT2D eigenvalue weighted by atomic mass is 9.96. The number of hydrogen-bond donors (Lipinski definition) is 12. The molecule has 17 N–H and O–H groups in total. The summed E-state index contributed by atoms with van der Waals surface area (Å²) in [6.45, 7) is 7.90. The number of nitrogens with one attached hydrogen (secondary N) is 3. The normalized spacial score (nSPS) is 44.1. The first-order valence-electron chi connectivity index (χ1n) is 17.2. The lowest BCUT2D eigenvalue weighted by Gasteiger charge is -2.49. The molecule has 0 amide bonds. The average molecular weight is 696 g/mol. The van der Waals surface area contributed by atoms with E-state index >= 15 is 0 Å². The Morgan fingerprint density at radius 3 is 2.00 bits per heavy atom. The summed E-state index contributed by atoms with van der Waals surface area (Å²) in [5.41, 5.74) is 31.2. The molecule has 13 unspecified atom stereocenters. The molecule has 0 saturated carbocycles. The third kappa shape index (κ3) is 10.6. The van der Waals surface area contributed by atoms with Gasteiger partial charge in [0.1, 0.15) is 55.3 Å². The van der Waals surface area contributed by atoms with E-state index in [2.05, 4.69) is 20.9 Å². The van der Waals surface area contributed by atoms with Crippen molar-refractivity contribution in [2.45, 2.75) is 118 Å². The van der Waals surface area contributed by atoms with E-state index in [1.54, 1.807) is 0 Å². The van der Waals surface area contributed by atoms with Crippen molar-refractivity contribution in [1.82, 2.24) is 20.9 Å². The van der Waals surface area contributed by atoms with Crippen molar-refractivity contribution in [2.75, 3.05) is 65.5 Å². The molecule has 0 radical (unpaired) electrons. The smallest absolute Gasteiger partial charge is 0.186 e. The van der Waals surface area contributed by atoms with E-state index in [0.29, 0.717) is 13.1 Å². The van der Waals surface area contributed by atoms with Gasteiger partial charge in [-0.3, -0.25) is 4.90 Å². The van der Waals surface area contributed by atoms with Crippen molar-refractivity contribution in [3.63, 3.8) is 0 Å². The van der Waals surface area contributed by atoms with E-state index in [1.807, 2.05) is 6.92 Å². The van der Waals surface area contributed by atoms with Crippen molar-refractivity contribution in [2.24, 2.45) is 28.7 Å². The quantitative estimate of drug-likeness (QED) is 0.107. The minimum Gasteiger partial charge on any atom is -0.394 e. The largest absolute Gasteiger partial charge is 0.394 e. The number of ether oxygens (including phenoxy) is 6. The molecule has 19 heteroatoms. The van der Waals surface area contributed by atoms with Gasteiger partial charge >= 0.3 is 0 Å². The topological polar surface area (TPSA) is 306 Å². The van der Waals surface area contributed by atoms with Crippen molar-refractivity contribution >= 4 is 0 Å². The average Bonchev–Trinajstić information content (AvgIpc) is 3.06. The van der Waals surface area contributed by atoms with E-state index in [0.717, 1.165) is 52.1 Å². The van der Waals surface area contributed by atoms with Crippen LogP contribution in [0.15, 0.2) is 0 Å². The Morgan fingerprint density at radius 2 is 1.35 bits per heavy atom. The molecular formula is C29H61N9O10. The Kier molecular flexibility index (Phi) is 16.5. The minimum atomic E-state index is -1.48. The standard InChI is InChI=1S/C29H61N9O10/c1-15(38-10-3-6-36-8-7-35-4-2-5-37-9-11-38)43-23-24(46-28-16(31)12-17(40)18(13-30)44-28)26(33)48-27(34)25(23)47-29-22(42)20(32)21(41)19(14-39)45-29/h15-29,35-37,39-42H,2-14,30-34H2,1H3/t15?,16-,17-,18?,19?,20?,21?,22?,23?,24?,25?,26?,27?,28?,29?/m0/s1. The van der Waals surface area contributed by atoms with E-state index < -0.39 is 98.8 Å². The Bertz CT molecular complexity index is 908. The first-order chi connectivity index (χ1) is 23.0. The van der Waals surface area contributed by atoms with Gasteiger partial charge in [0.25, 0.3) is 0 Å². The van der Waals surface area contributed by atoms with Crippen LogP contribution in [0.25, 0.3) is 0 Å². The van der Waals surface area contributed by atoms with Crippen LogP contribution in [0.3, 0.4) is 0 Å². The van der Waals surface area contributed by atoms with Crippen LogP contribution in [0, 0.1) is 0 Å². The fraction of sp³-hybridized carbons (Fsp3) is 1.00. The first-order valence-corrected chi connectivity index (χ1v) is 17.2. The number of rotatable bonds is 9. The van der Waals surface area contributed by atoms with Gasteiger partial charge in [-0.1, -0.05) is 0 Å². The third-order valence-electron chi connectivity index (χ3n) is 9.39. The van der Waals surface area contributed by atoms with Crippen LogP contribution in [-0.2, 0) is 28.4 Å². The molecule has 0 spiro atoms. The summed E-state index contributed by atoms with van der Waals surface area (Å²) in [5.74, 6) is 0. The molecule has 0 bridgehead atoms. The van der Waals surface area contributed by atoms with Gasteiger partial charge in [0.2, 0.25) is 0 Å². The molecule has 48 heavy (non-hydrogen) atoms. The summed E-state index contributed by atoms with van der Waals surface area (Å²) in [5, 5.41) is 51.8. The molecule has 0 aromatic carbocycles. The molecule has 4 saturated heterocycles. The predicted octanol–water partition coefficient (Wildman–Crippen LogP) is -6.52. The monoisotopic (exact) mass is 695 g/mol. The molecule has 4 rings (SSSR count). The molecule has 4 fully saturated rings. The molecule has 282 valence electrons. The van der Waals surface area contributed by atoms with Gasteiger partial charge < -0.3 is 93.5 Å². The lowest BCUT2D eigenvalue weighted by Crippen LogP contribution is -2.70. The molecule has 0 aromatic heterocycles. The van der Waals surface area contributed by atoms with Gasteiger partial charge in [-0.05, 0) is 45.8 Å². The number of nitrogens with zero attached hydrogens (tertiary/aromatic N) is 1. The van der Waals surface area contributed by atoms with Crippen molar-refractivity contribution in [1.29, 1.82) is 0 Å². The molecular weight excluding hydrogens is 634 g/mol. The Morgan fingerprint density at radius 1 is 0.750 bits per heavy atom. The molecule has 15 atom stereocenters. The molecule has 4 aliphatic rings. The van der Waals surface area contributed by atoms with Gasteiger partial charge in [-0.15, -0.1) is 0 Å². The first kappa shape index (κ1) is 40.0. The van der Waals surface area contributed by atoms with Crippen LogP contribution in [0.1, 0.15) is 26.2 Å². The molecule has 0 aromatic rings. The van der Waals surface area contributed by atoms with E-state index in [4.69, 9.17) is 57.1 Å². The van der Waals surface area contributed by atoms with Crippen molar-refractivity contribution < 1.29 is 48.8 Å². The highest BCUT2D eigenvalue weighted by molar-refractivity contribution is 4.97. The second-order valence-electron chi connectivity index (χ2n) is 13.0. The van der Waals surface area contributed by atoms with Crippen LogP contribution in [0.2, 0.25) is 0 Å². The van der Waals surface area contributed by atoms with E-state index in [9.17, 15) is 20.4 Å².